The van der Waals surface area contributed by atoms with Crippen LogP contribution in [-0.4, -0.2) is 30.1 Å². The van der Waals surface area contributed by atoms with Crippen molar-refractivity contribution in [3.05, 3.63) is 0 Å². The molecule has 0 bridgehead atoms. The number of rotatable bonds is 12. The minimum absolute atomic E-state index is 0.0790. The molecule has 19 heavy (non-hydrogen) atoms. The van der Waals surface area contributed by atoms with Crippen molar-refractivity contribution in [2.45, 2.75) is 83.7 Å². The zero-order chi connectivity index (χ0) is 13.8. The summed E-state index contributed by atoms with van der Waals surface area (Å²) in [6.45, 7) is 4.20. The number of aliphatic hydroxyl groups is 1. The minimum atomic E-state index is -0.0790. The van der Waals surface area contributed by atoms with E-state index in [1.165, 1.54) is 44.4 Å². The molecule has 1 unspecified atom stereocenters. The Balaban J connectivity index is 1.83. The first-order chi connectivity index (χ1) is 9.33. The zero-order valence-corrected chi connectivity index (χ0v) is 12.7. The number of nitrogens with zero attached hydrogens (tertiary/aromatic N) is 1. The molecule has 2 N–H and O–H groups in total. The summed E-state index contributed by atoms with van der Waals surface area (Å²) in [6.07, 6.45) is 13.1. The molecule has 3 heteroatoms. The smallest absolute Gasteiger partial charge is 0.0964 e. The van der Waals surface area contributed by atoms with Crippen molar-refractivity contribution in [1.82, 2.24) is 5.32 Å². The zero-order valence-electron chi connectivity index (χ0n) is 12.7. The Morgan fingerprint density at radius 3 is 2.42 bits per heavy atom. The lowest BCUT2D eigenvalue weighted by molar-refractivity contribution is 0.147. The van der Waals surface area contributed by atoms with E-state index in [1.54, 1.807) is 0 Å². The van der Waals surface area contributed by atoms with E-state index >= 15 is 0 Å². The average Bonchev–Trinajstić information content (AvgIpc) is 2.92. The topological polar surface area (TPSA) is 44.6 Å². The van der Waals surface area contributed by atoms with Crippen LogP contribution in [0.15, 0.2) is 4.99 Å². The molecule has 0 saturated heterocycles. The molecule has 1 aliphatic rings. The maximum atomic E-state index is 9.90. The molecule has 0 spiro atoms. The third-order valence-corrected chi connectivity index (χ3v) is 3.84. The fourth-order valence-corrected chi connectivity index (χ4v) is 2.59. The molecule has 1 rings (SSSR count). The van der Waals surface area contributed by atoms with Crippen LogP contribution in [-0.2, 0) is 0 Å². The summed E-state index contributed by atoms with van der Waals surface area (Å²) in [5.41, 5.74) is 0. The molecular formula is C16H32N2O. The number of nitrogens with one attached hydrogen (secondary N) is 1. The number of amidine groups is 1. The number of hydrogen-bond acceptors (Lipinski definition) is 3. The van der Waals surface area contributed by atoms with Crippen molar-refractivity contribution in [1.29, 1.82) is 0 Å². The van der Waals surface area contributed by atoms with Crippen LogP contribution in [0.2, 0.25) is 0 Å². The van der Waals surface area contributed by atoms with E-state index in [4.69, 9.17) is 0 Å². The van der Waals surface area contributed by atoms with Crippen molar-refractivity contribution >= 4 is 5.84 Å². The third-order valence-electron chi connectivity index (χ3n) is 3.84. The van der Waals surface area contributed by atoms with Gasteiger partial charge in [0.1, 0.15) is 0 Å². The van der Waals surface area contributed by atoms with Gasteiger partial charge in [-0.05, 0) is 19.3 Å². The quantitative estimate of drug-likeness (QED) is 0.531. The Morgan fingerprint density at radius 1 is 1.05 bits per heavy atom. The summed E-state index contributed by atoms with van der Waals surface area (Å²) in [4.78, 5) is 4.38. The summed E-state index contributed by atoms with van der Waals surface area (Å²) < 4.78 is 0. The normalized spacial score (nSPS) is 16.2. The maximum Gasteiger partial charge on any atom is 0.0964 e. The van der Waals surface area contributed by atoms with Gasteiger partial charge < -0.3 is 10.4 Å². The summed E-state index contributed by atoms with van der Waals surface area (Å²) in [7, 11) is 0. The molecule has 0 aromatic carbocycles. The predicted molar refractivity (Wildman–Crippen MR) is 82.8 cm³/mol. The van der Waals surface area contributed by atoms with Crippen molar-refractivity contribution in [3.63, 3.8) is 0 Å². The monoisotopic (exact) mass is 268 g/mol. The van der Waals surface area contributed by atoms with Crippen LogP contribution in [0.4, 0.5) is 0 Å². The number of unbranched alkanes of at least 4 members (excludes halogenated alkanes) is 6. The van der Waals surface area contributed by atoms with Gasteiger partial charge in [0.05, 0.1) is 18.5 Å². The second kappa shape index (κ2) is 11.3. The molecule has 0 amide bonds. The molecule has 3 nitrogen and oxygen atoms in total. The van der Waals surface area contributed by atoms with Crippen molar-refractivity contribution < 1.29 is 5.11 Å². The predicted octanol–water partition coefficient (Wildman–Crippen LogP) is 3.66. The van der Waals surface area contributed by atoms with Gasteiger partial charge in [-0.15, -0.1) is 0 Å². The third kappa shape index (κ3) is 9.04. The van der Waals surface area contributed by atoms with E-state index in [9.17, 15) is 5.11 Å². The summed E-state index contributed by atoms with van der Waals surface area (Å²) >= 11 is 0. The number of aliphatic hydroxyl groups excluding tert-OH is 1. The fraction of sp³-hybridized carbons (Fsp3) is 0.938. The lowest BCUT2D eigenvalue weighted by Crippen LogP contribution is -2.18. The van der Waals surface area contributed by atoms with Gasteiger partial charge in [0, 0.05) is 13.0 Å². The van der Waals surface area contributed by atoms with Crippen molar-refractivity contribution in [2.24, 2.45) is 4.99 Å². The van der Waals surface area contributed by atoms with Crippen molar-refractivity contribution in [2.75, 3.05) is 13.1 Å². The molecular weight excluding hydrogens is 236 g/mol. The highest BCUT2D eigenvalue weighted by molar-refractivity contribution is 5.83. The van der Waals surface area contributed by atoms with Gasteiger partial charge in [0.2, 0.25) is 0 Å². The summed E-state index contributed by atoms with van der Waals surface area (Å²) in [5.74, 6) is 1.17. The second-order valence-electron chi connectivity index (χ2n) is 5.71. The Hall–Kier alpha value is -0.570. The molecule has 0 radical (unpaired) electrons. The first-order valence-electron chi connectivity index (χ1n) is 8.28. The van der Waals surface area contributed by atoms with Gasteiger partial charge in [-0.25, -0.2) is 0 Å². The van der Waals surface area contributed by atoms with E-state index in [1.807, 2.05) is 0 Å². The van der Waals surface area contributed by atoms with E-state index < -0.39 is 0 Å². The van der Waals surface area contributed by atoms with Gasteiger partial charge >= 0.3 is 0 Å². The van der Waals surface area contributed by atoms with Gasteiger partial charge in [0.25, 0.3) is 0 Å². The first-order valence-corrected chi connectivity index (χ1v) is 8.28. The SMILES string of the molecule is CCCCCCCCC(O)CCCCC1=NCCN1. The molecule has 1 heterocycles. The molecule has 1 atom stereocenters. The van der Waals surface area contributed by atoms with Gasteiger partial charge in [-0.1, -0.05) is 51.9 Å². The molecule has 0 aromatic rings. The standard InChI is InChI=1S/C16H32N2O/c1-2-3-4-5-6-7-10-15(19)11-8-9-12-16-17-13-14-18-16/h15,19H,2-14H2,1H3,(H,17,18). The van der Waals surface area contributed by atoms with E-state index in [0.717, 1.165) is 45.2 Å². The van der Waals surface area contributed by atoms with Crippen LogP contribution < -0.4 is 5.32 Å². The van der Waals surface area contributed by atoms with Crippen LogP contribution in [0.1, 0.15) is 77.6 Å². The Labute approximate surface area is 118 Å². The summed E-state index contributed by atoms with van der Waals surface area (Å²) in [6, 6.07) is 0. The Morgan fingerprint density at radius 2 is 1.74 bits per heavy atom. The Bertz CT molecular complexity index is 241. The van der Waals surface area contributed by atoms with Crippen LogP contribution in [0.25, 0.3) is 0 Å². The van der Waals surface area contributed by atoms with Crippen LogP contribution in [0.5, 0.6) is 0 Å². The molecule has 0 aromatic heterocycles. The van der Waals surface area contributed by atoms with E-state index in [-0.39, 0.29) is 6.10 Å². The van der Waals surface area contributed by atoms with Gasteiger partial charge in [0.15, 0.2) is 0 Å². The van der Waals surface area contributed by atoms with Crippen LogP contribution in [0, 0.1) is 0 Å². The average molecular weight is 268 g/mol. The highest BCUT2D eigenvalue weighted by atomic mass is 16.3. The highest BCUT2D eigenvalue weighted by Crippen LogP contribution is 2.13. The second-order valence-corrected chi connectivity index (χ2v) is 5.71. The lowest BCUT2D eigenvalue weighted by Gasteiger charge is -2.10. The van der Waals surface area contributed by atoms with Crippen LogP contribution >= 0.6 is 0 Å². The summed E-state index contributed by atoms with van der Waals surface area (Å²) in [5, 5.41) is 13.2. The molecule has 0 saturated carbocycles. The molecule has 112 valence electrons. The van der Waals surface area contributed by atoms with Crippen LogP contribution in [0.3, 0.4) is 0 Å². The van der Waals surface area contributed by atoms with E-state index in [2.05, 4.69) is 17.2 Å². The number of hydrogen-bond donors (Lipinski definition) is 2. The van der Waals surface area contributed by atoms with Crippen molar-refractivity contribution in [3.8, 4) is 0 Å². The maximum absolute atomic E-state index is 9.90. The molecule has 1 aliphatic heterocycles. The fourth-order valence-electron chi connectivity index (χ4n) is 2.59. The highest BCUT2D eigenvalue weighted by Gasteiger charge is 2.06. The largest absolute Gasteiger partial charge is 0.393 e. The first kappa shape index (κ1) is 16.5. The number of aliphatic imine (C=N–C) groups is 1. The molecule has 0 aliphatic carbocycles. The minimum Gasteiger partial charge on any atom is -0.393 e. The van der Waals surface area contributed by atoms with Gasteiger partial charge in [-0.2, -0.15) is 0 Å². The van der Waals surface area contributed by atoms with Gasteiger partial charge in [-0.3, -0.25) is 4.99 Å². The Kier molecular flexibility index (Phi) is 9.78. The lowest BCUT2D eigenvalue weighted by atomic mass is 10.0. The molecule has 0 fully saturated rings. The van der Waals surface area contributed by atoms with E-state index in [0.29, 0.717) is 0 Å².